The lowest BCUT2D eigenvalue weighted by Crippen LogP contribution is -2.39. The van der Waals surface area contributed by atoms with Crippen LogP contribution in [0.4, 0.5) is 4.79 Å². The number of ketones is 1. The van der Waals surface area contributed by atoms with Crippen LogP contribution in [-0.4, -0.2) is 55.6 Å². The van der Waals surface area contributed by atoms with Gasteiger partial charge in [-0.2, -0.15) is 5.10 Å². The lowest BCUT2D eigenvalue weighted by molar-refractivity contribution is -0.123. The monoisotopic (exact) mass is 515 g/mol. The fourth-order valence-corrected chi connectivity index (χ4v) is 3.93. The van der Waals surface area contributed by atoms with E-state index in [1.165, 1.54) is 24.5 Å². The Morgan fingerprint density at radius 1 is 1.06 bits per heavy atom. The van der Waals surface area contributed by atoms with Crippen molar-refractivity contribution < 1.29 is 23.9 Å². The van der Waals surface area contributed by atoms with E-state index < -0.39 is 12.1 Å². The molecule has 11 heteroatoms. The number of hydrogen-bond acceptors (Lipinski definition) is 7. The van der Waals surface area contributed by atoms with Crippen molar-refractivity contribution in [3.05, 3.63) is 51.7 Å². The standard InChI is InChI=1S/C25H33N5O5S/c1-4-21-10-11-22(36-21)24(33)29-19(14-17(3)31)15-28-30-25(34)27-13-12-18-6-8-20(9-7-18)35-16-23(32)26-5-2/h6-11,15,19H,4-5,12-14,16H2,1-3H3,(H,26,32)(H,29,33)(H2,27,30,34)/b28-15+. The number of thiophene rings is 1. The Morgan fingerprint density at radius 2 is 1.81 bits per heavy atom. The summed E-state index contributed by atoms with van der Waals surface area (Å²) in [5, 5.41) is 12.0. The Kier molecular flexibility index (Phi) is 12.1. The minimum atomic E-state index is -0.642. The van der Waals surface area contributed by atoms with Crippen molar-refractivity contribution in [3.8, 4) is 5.75 Å². The number of amides is 4. The Morgan fingerprint density at radius 3 is 2.44 bits per heavy atom. The van der Waals surface area contributed by atoms with Crippen LogP contribution in [0.3, 0.4) is 0 Å². The first kappa shape index (κ1) is 28.5. The van der Waals surface area contributed by atoms with Crippen LogP contribution in [-0.2, 0) is 22.4 Å². The van der Waals surface area contributed by atoms with Gasteiger partial charge in [-0.05, 0) is 56.5 Å². The van der Waals surface area contributed by atoms with Gasteiger partial charge in [-0.25, -0.2) is 10.2 Å². The van der Waals surface area contributed by atoms with Crippen molar-refractivity contribution in [3.63, 3.8) is 0 Å². The topological polar surface area (TPSA) is 138 Å². The van der Waals surface area contributed by atoms with Crippen molar-refractivity contribution >= 4 is 41.2 Å². The zero-order valence-corrected chi connectivity index (χ0v) is 21.6. The molecule has 0 saturated heterocycles. The highest BCUT2D eigenvalue weighted by Gasteiger charge is 2.15. The van der Waals surface area contributed by atoms with Gasteiger partial charge in [-0.3, -0.25) is 14.4 Å². The minimum absolute atomic E-state index is 0.0415. The zero-order valence-electron chi connectivity index (χ0n) is 20.8. The molecule has 0 aliphatic rings. The van der Waals surface area contributed by atoms with Crippen LogP contribution < -0.4 is 26.1 Å². The number of ether oxygens (including phenoxy) is 1. The number of carbonyl (C=O) groups excluding carboxylic acids is 4. The van der Waals surface area contributed by atoms with Gasteiger partial charge in [0.2, 0.25) is 0 Å². The number of urea groups is 1. The first-order valence-corrected chi connectivity index (χ1v) is 12.6. The molecule has 10 nitrogen and oxygen atoms in total. The van der Waals surface area contributed by atoms with E-state index in [-0.39, 0.29) is 30.6 Å². The highest BCUT2D eigenvalue weighted by atomic mass is 32.1. The highest BCUT2D eigenvalue weighted by Crippen LogP contribution is 2.17. The third-order valence-electron chi connectivity index (χ3n) is 4.84. The number of nitrogens with one attached hydrogen (secondary N) is 4. The molecule has 0 bridgehead atoms. The molecule has 4 amide bonds. The molecule has 36 heavy (non-hydrogen) atoms. The van der Waals surface area contributed by atoms with Crippen LogP contribution in [0.5, 0.6) is 5.75 Å². The van der Waals surface area contributed by atoms with Gasteiger partial charge in [-0.1, -0.05) is 19.1 Å². The Bertz CT molecular complexity index is 1050. The number of hydrazone groups is 1. The fraction of sp³-hybridized carbons (Fsp3) is 0.400. The maximum absolute atomic E-state index is 12.5. The smallest absolute Gasteiger partial charge is 0.335 e. The number of Topliss-reactive ketones (excluding diaryl/α,β-unsaturated/α-hetero) is 1. The normalized spacial score (nSPS) is 11.5. The van der Waals surface area contributed by atoms with Gasteiger partial charge in [0.05, 0.1) is 10.9 Å². The third kappa shape index (κ3) is 10.7. The number of likely N-dealkylation sites (N-methyl/N-ethyl adjacent to an activating group) is 1. The van der Waals surface area contributed by atoms with Gasteiger partial charge >= 0.3 is 6.03 Å². The molecule has 1 aromatic carbocycles. The summed E-state index contributed by atoms with van der Waals surface area (Å²) in [6.07, 6.45) is 2.83. The van der Waals surface area contributed by atoms with E-state index in [0.717, 1.165) is 16.9 Å². The van der Waals surface area contributed by atoms with Gasteiger partial charge in [-0.15, -0.1) is 11.3 Å². The third-order valence-corrected chi connectivity index (χ3v) is 6.07. The highest BCUT2D eigenvalue weighted by molar-refractivity contribution is 7.14. The molecule has 0 radical (unpaired) electrons. The van der Waals surface area contributed by atoms with Crippen LogP contribution in [0, 0.1) is 0 Å². The van der Waals surface area contributed by atoms with Gasteiger partial charge in [0.25, 0.3) is 11.8 Å². The van der Waals surface area contributed by atoms with Gasteiger partial charge < -0.3 is 20.7 Å². The van der Waals surface area contributed by atoms with E-state index in [1.807, 2.05) is 32.0 Å². The van der Waals surface area contributed by atoms with Crippen LogP contribution >= 0.6 is 11.3 Å². The predicted molar refractivity (Wildman–Crippen MR) is 140 cm³/mol. The summed E-state index contributed by atoms with van der Waals surface area (Å²) in [6, 6.07) is 9.75. The molecule has 0 aliphatic carbocycles. The maximum atomic E-state index is 12.5. The second kappa shape index (κ2) is 15.3. The number of nitrogens with zero attached hydrogens (tertiary/aromatic N) is 1. The van der Waals surface area contributed by atoms with E-state index >= 15 is 0 Å². The average Bonchev–Trinajstić information content (AvgIpc) is 3.33. The molecule has 1 aromatic heterocycles. The number of aryl methyl sites for hydroxylation is 1. The van der Waals surface area contributed by atoms with Crippen LogP contribution in [0.25, 0.3) is 0 Å². The summed E-state index contributed by atoms with van der Waals surface area (Å²) < 4.78 is 5.41. The first-order chi connectivity index (χ1) is 17.3. The van der Waals surface area contributed by atoms with Crippen molar-refractivity contribution in [2.45, 2.75) is 46.1 Å². The Labute approximate surface area is 214 Å². The number of hydrogen-bond donors (Lipinski definition) is 4. The summed E-state index contributed by atoms with van der Waals surface area (Å²) in [7, 11) is 0. The molecule has 2 aromatic rings. The second-order valence-corrected chi connectivity index (χ2v) is 9.06. The minimum Gasteiger partial charge on any atom is -0.484 e. The lowest BCUT2D eigenvalue weighted by atomic mass is 10.1. The molecule has 4 N–H and O–H groups in total. The SMILES string of the molecule is CCNC(=O)COc1ccc(CCNC(=O)N/N=C/C(CC(C)=O)NC(=O)c2ccc(CC)s2)cc1. The van der Waals surface area contributed by atoms with E-state index in [9.17, 15) is 19.2 Å². The quantitative estimate of drug-likeness (QED) is 0.226. The van der Waals surface area contributed by atoms with E-state index in [1.54, 1.807) is 18.2 Å². The van der Waals surface area contributed by atoms with E-state index in [4.69, 9.17) is 4.74 Å². The zero-order chi connectivity index (χ0) is 26.3. The first-order valence-electron chi connectivity index (χ1n) is 11.7. The predicted octanol–water partition coefficient (Wildman–Crippen LogP) is 2.43. The van der Waals surface area contributed by atoms with Crippen molar-refractivity contribution in [2.24, 2.45) is 5.10 Å². The molecular weight excluding hydrogens is 482 g/mol. The number of carbonyl (C=O) groups is 4. The Hall–Kier alpha value is -3.73. The second-order valence-electron chi connectivity index (χ2n) is 7.89. The van der Waals surface area contributed by atoms with Crippen LogP contribution in [0.2, 0.25) is 0 Å². The summed E-state index contributed by atoms with van der Waals surface area (Å²) in [4.78, 5) is 49.1. The van der Waals surface area contributed by atoms with Gasteiger partial charge in [0.1, 0.15) is 11.5 Å². The van der Waals surface area contributed by atoms with Gasteiger partial charge in [0.15, 0.2) is 6.61 Å². The number of benzene rings is 1. The van der Waals surface area contributed by atoms with Crippen molar-refractivity contribution in [1.82, 2.24) is 21.4 Å². The molecule has 0 saturated carbocycles. The number of rotatable bonds is 14. The van der Waals surface area contributed by atoms with E-state index in [2.05, 4.69) is 26.5 Å². The largest absolute Gasteiger partial charge is 0.484 e. The maximum Gasteiger partial charge on any atom is 0.335 e. The molecule has 1 heterocycles. The lowest BCUT2D eigenvalue weighted by Gasteiger charge is -2.12. The molecule has 194 valence electrons. The van der Waals surface area contributed by atoms with Gasteiger partial charge in [0, 0.05) is 30.6 Å². The molecule has 0 fully saturated rings. The van der Waals surface area contributed by atoms with Crippen molar-refractivity contribution in [1.29, 1.82) is 0 Å². The molecular formula is C25H33N5O5S. The van der Waals surface area contributed by atoms with Crippen LogP contribution in [0.15, 0.2) is 41.5 Å². The van der Waals surface area contributed by atoms with E-state index in [0.29, 0.717) is 30.1 Å². The fourth-order valence-electron chi connectivity index (χ4n) is 3.08. The molecule has 1 unspecified atom stereocenters. The Balaban J connectivity index is 1.75. The summed E-state index contributed by atoms with van der Waals surface area (Å²) in [5.74, 6) is 0.00409. The summed E-state index contributed by atoms with van der Waals surface area (Å²) in [6.45, 7) is 6.16. The van der Waals surface area contributed by atoms with Crippen molar-refractivity contribution in [2.75, 3.05) is 19.7 Å². The average molecular weight is 516 g/mol. The summed E-state index contributed by atoms with van der Waals surface area (Å²) in [5.41, 5.74) is 3.33. The molecule has 0 aliphatic heterocycles. The molecule has 0 spiro atoms. The molecule has 1 atom stereocenters. The summed E-state index contributed by atoms with van der Waals surface area (Å²) >= 11 is 1.40. The molecule has 2 rings (SSSR count). The van der Waals surface area contributed by atoms with Crippen LogP contribution in [0.1, 0.15) is 47.3 Å².